The molecule has 0 atom stereocenters. The highest BCUT2D eigenvalue weighted by Gasteiger charge is 2.18. The van der Waals surface area contributed by atoms with Gasteiger partial charge in [0.1, 0.15) is 17.9 Å². The highest BCUT2D eigenvalue weighted by Crippen LogP contribution is 2.25. The van der Waals surface area contributed by atoms with Crippen molar-refractivity contribution in [2.75, 3.05) is 5.32 Å². The van der Waals surface area contributed by atoms with Gasteiger partial charge in [-0.15, -0.1) is 0 Å². The molecule has 0 bridgehead atoms. The molecular weight excluding hydrogens is 399 g/mol. The smallest absolute Gasteiger partial charge is 0.277 e. The molecule has 2 heterocycles. The Hall–Kier alpha value is -3.78. The average molecular weight is 420 g/mol. The summed E-state index contributed by atoms with van der Waals surface area (Å²) in [7, 11) is 0. The number of carbonyl (C=O) groups is 1. The van der Waals surface area contributed by atoms with E-state index in [4.69, 9.17) is 0 Å². The Labute approximate surface area is 177 Å². The zero-order valence-electron chi connectivity index (χ0n) is 16.9. The van der Waals surface area contributed by atoms with E-state index in [-0.39, 0.29) is 18.0 Å². The zero-order chi connectivity index (χ0) is 22.0. The highest BCUT2D eigenvalue weighted by molar-refractivity contribution is 5.90. The van der Waals surface area contributed by atoms with Crippen molar-refractivity contribution in [3.05, 3.63) is 88.2 Å². The number of benzene rings is 2. The van der Waals surface area contributed by atoms with Crippen LogP contribution in [0.5, 0.6) is 0 Å². The normalized spacial score (nSPS) is 11.1. The van der Waals surface area contributed by atoms with Crippen LogP contribution in [0.3, 0.4) is 0 Å². The van der Waals surface area contributed by atoms with Gasteiger partial charge in [-0.1, -0.05) is 19.1 Å². The number of amides is 1. The van der Waals surface area contributed by atoms with E-state index < -0.39 is 18.0 Å². The number of nitrogens with one attached hydrogen (secondary N) is 1. The van der Waals surface area contributed by atoms with Crippen LogP contribution in [0.2, 0.25) is 0 Å². The number of halogens is 1. The summed E-state index contributed by atoms with van der Waals surface area (Å²) in [5.41, 5.74) is 2.81. The van der Waals surface area contributed by atoms with Crippen LogP contribution in [0.1, 0.15) is 18.1 Å². The van der Waals surface area contributed by atoms with E-state index in [9.17, 15) is 19.1 Å². The van der Waals surface area contributed by atoms with Gasteiger partial charge >= 0.3 is 0 Å². The number of hydrogen-bond acceptors (Lipinski definition) is 4. The van der Waals surface area contributed by atoms with Crippen LogP contribution in [0.4, 0.5) is 10.1 Å². The third kappa shape index (κ3) is 4.10. The van der Waals surface area contributed by atoms with Gasteiger partial charge in [0, 0.05) is 29.2 Å². The third-order valence-corrected chi connectivity index (χ3v) is 5.10. The van der Waals surface area contributed by atoms with E-state index in [0.29, 0.717) is 22.5 Å². The molecule has 0 aliphatic rings. The lowest BCUT2D eigenvalue weighted by atomic mass is 10.1. The van der Waals surface area contributed by atoms with Crippen molar-refractivity contribution < 1.29 is 14.3 Å². The van der Waals surface area contributed by atoms with Crippen molar-refractivity contribution in [3.8, 4) is 11.3 Å². The summed E-state index contributed by atoms with van der Waals surface area (Å²) in [6.45, 7) is 1.44. The molecule has 0 spiro atoms. The van der Waals surface area contributed by atoms with Gasteiger partial charge in [-0.2, -0.15) is 5.10 Å². The molecule has 4 rings (SSSR count). The summed E-state index contributed by atoms with van der Waals surface area (Å²) in [6, 6.07) is 13.1. The molecule has 0 saturated carbocycles. The van der Waals surface area contributed by atoms with E-state index in [1.807, 2.05) is 24.3 Å². The maximum absolute atomic E-state index is 13.3. The average Bonchev–Trinajstić information content (AvgIpc) is 3.16. The first-order valence-corrected chi connectivity index (χ1v) is 9.86. The first kappa shape index (κ1) is 20.5. The van der Waals surface area contributed by atoms with Gasteiger partial charge in [-0.3, -0.25) is 9.59 Å². The molecule has 8 heteroatoms. The first-order chi connectivity index (χ1) is 15.0. The number of aliphatic hydroxyl groups excluding tert-OH is 1. The van der Waals surface area contributed by atoms with Crippen LogP contribution in [0.15, 0.2) is 65.7 Å². The molecule has 2 aromatic carbocycles. The number of aliphatic hydroxyl groups is 1. The number of anilines is 1. The number of nitrogens with zero attached hydrogens (tertiary/aromatic N) is 3. The molecule has 0 radical (unpaired) electrons. The van der Waals surface area contributed by atoms with Crippen LogP contribution < -0.4 is 10.9 Å². The van der Waals surface area contributed by atoms with Crippen molar-refractivity contribution in [1.82, 2.24) is 14.2 Å². The van der Waals surface area contributed by atoms with Crippen LogP contribution in [0.25, 0.3) is 16.8 Å². The molecule has 2 aromatic heterocycles. The minimum atomic E-state index is -0.455. The highest BCUT2D eigenvalue weighted by atomic mass is 19.1. The van der Waals surface area contributed by atoms with Crippen LogP contribution in [-0.4, -0.2) is 25.2 Å². The largest absolute Gasteiger partial charge is 0.392 e. The predicted octanol–water partition coefficient (Wildman–Crippen LogP) is 3.00. The Morgan fingerprint density at radius 2 is 1.81 bits per heavy atom. The van der Waals surface area contributed by atoms with Crippen LogP contribution in [-0.2, 0) is 24.4 Å². The Balaban J connectivity index is 1.64. The summed E-state index contributed by atoms with van der Waals surface area (Å²) in [5, 5.41) is 17.0. The van der Waals surface area contributed by atoms with Gasteiger partial charge in [0.15, 0.2) is 0 Å². The van der Waals surface area contributed by atoms with Crippen molar-refractivity contribution in [1.29, 1.82) is 0 Å². The SMILES string of the molecule is CCc1ccc(NC(=O)Cn2ccn3nc(-c4ccc(F)cc4)c(CO)c3c2=O)cc1. The van der Waals surface area contributed by atoms with Crippen molar-refractivity contribution >= 4 is 17.1 Å². The Bertz CT molecular complexity index is 1290. The van der Waals surface area contributed by atoms with Crippen molar-refractivity contribution in [2.45, 2.75) is 26.5 Å². The van der Waals surface area contributed by atoms with E-state index in [0.717, 1.165) is 12.0 Å². The monoisotopic (exact) mass is 420 g/mol. The molecule has 0 aliphatic heterocycles. The van der Waals surface area contributed by atoms with Gasteiger partial charge < -0.3 is 15.0 Å². The lowest BCUT2D eigenvalue weighted by Crippen LogP contribution is -2.28. The molecule has 0 aliphatic carbocycles. The molecule has 0 fully saturated rings. The third-order valence-electron chi connectivity index (χ3n) is 5.10. The van der Waals surface area contributed by atoms with Gasteiger partial charge in [0.2, 0.25) is 5.91 Å². The number of aryl methyl sites for hydroxylation is 1. The lowest BCUT2D eigenvalue weighted by Gasteiger charge is -2.08. The molecule has 1 amide bonds. The minimum Gasteiger partial charge on any atom is -0.392 e. The quantitative estimate of drug-likeness (QED) is 0.502. The van der Waals surface area contributed by atoms with Gasteiger partial charge in [-0.05, 0) is 48.4 Å². The number of aromatic nitrogens is 3. The molecular formula is C23H21FN4O3. The Morgan fingerprint density at radius 1 is 1.10 bits per heavy atom. The summed E-state index contributed by atoms with van der Waals surface area (Å²) >= 11 is 0. The van der Waals surface area contributed by atoms with E-state index in [1.165, 1.54) is 39.5 Å². The second-order valence-electron chi connectivity index (χ2n) is 7.12. The molecule has 2 N–H and O–H groups in total. The summed E-state index contributed by atoms with van der Waals surface area (Å²) < 4.78 is 15.9. The van der Waals surface area contributed by atoms with Gasteiger partial charge in [0.05, 0.1) is 12.3 Å². The number of carbonyl (C=O) groups excluding carboxylic acids is 1. The Kier molecular flexibility index (Phi) is 5.64. The fraction of sp³-hybridized carbons (Fsp3) is 0.174. The van der Waals surface area contributed by atoms with E-state index in [2.05, 4.69) is 17.3 Å². The fourth-order valence-electron chi connectivity index (χ4n) is 3.44. The maximum Gasteiger partial charge on any atom is 0.277 e. The molecule has 4 aromatic rings. The number of fused-ring (bicyclic) bond motifs is 1. The maximum atomic E-state index is 13.3. The second kappa shape index (κ2) is 8.53. The molecule has 0 unspecified atom stereocenters. The van der Waals surface area contributed by atoms with Crippen LogP contribution in [0, 0.1) is 5.82 Å². The molecule has 31 heavy (non-hydrogen) atoms. The van der Waals surface area contributed by atoms with Gasteiger partial charge in [0.25, 0.3) is 5.56 Å². The fourth-order valence-corrected chi connectivity index (χ4v) is 3.44. The number of rotatable bonds is 6. The second-order valence-corrected chi connectivity index (χ2v) is 7.12. The van der Waals surface area contributed by atoms with Crippen molar-refractivity contribution in [2.24, 2.45) is 0 Å². The topological polar surface area (TPSA) is 88.6 Å². The minimum absolute atomic E-state index is 0.171. The summed E-state index contributed by atoms with van der Waals surface area (Å²) in [4.78, 5) is 25.5. The predicted molar refractivity (Wildman–Crippen MR) is 115 cm³/mol. The van der Waals surface area contributed by atoms with E-state index >= 15 is 0 Å². The Morgan fingerprint density at radius 3 is 2.45 bits per heavy atom. The van der Waals surface area contributed by atoms with Gasteiger partial charge in [-0.25, -0.2) is 8.91 Å². The first-order valence-electron chi connectivity index (χ1n) is 9.86. The molecule has 7 nitrogen and oxygen atoms in total. The van der Waals surface area contributed by atoms with Crippen LogP contribution >= 0.6 is 0 Å². The lowest BCUT2D eigenvalue weighted by molar-refractivity contribution is -0.116. The number of hydrogen-bond donors (Lipinski definition) is 2. The van der Waals surface area contributed by atoms with Crippen molar-refractivity contribution in [3.63, 3.8) is 0 Å². The van der Waals surface area contributed by atoms with E-state index in [1.54, 1.807) is 6.20 Å². The summed E-state index contributed by atoms with van der Waals surface area (Å²) in [6.07, 6.45) is 3.92. The standard InChI is InChI=1S/C23H21FN4O3/c1-2-15-3-9-18(10-4-15)25-20(30)13-27-11-12-28-22(23(27)31)19(14-29)21(26-28)16-5-7-17(24)8-6-16/h3-12,29H,2,13-14H2,1H3,(H,25,30). The molecule has 158 valence electrons. The summed E-state index contributed by atoms with van der Waals surface area (Å²) in [5.74, 6) is -0.740. The molecule has 0 saturated heterocycles. The zero-order valence-corrected chi connectivity index (χ0v) is 16.9.